The van der Waals surface area contributed by atoms with Gasteiger partial charge in [0.2, 0.25) is 5.95 Å². The van der Waals surface area contributed by atoms with Crippen LogP contribution in [0.5, 0.6) is 0 Å². The van der Waals surface area contributed by atoms with Crippen LogP contribution in [0.2, 0.25) is 0 Å². The molecule has 0 aliphatic heterocycles. The molecule has 128 valence electrons. The molecule has 0 bridgehead atoms. The molecule has 3 aromatic heterocycles. The fourth-order valence-electron chi connectivity index (χ4n) is 2.37. The molecule has 0 fully saturated rings. The summed E-state index contributed by atoms with van der Waals surface area (Å²) in [5.41, 5.74) is 2.71. The Labute approximate surface area is 148 Å². The molecule has 0 radical (unpaired) electrons. The van der Waals surface area contributed by atoms with Gasteiger partial charge >= 0.3 is 0 Å². The summed E-state index contributed by atoms with van der Waals surface area (Å²) >= 11 is 0. The number of amides is 1. The summed E-state index contributed by atoms with van der Waals surface area (Å²) in [6.45, 7) is 1.98. The number of nitrogens with zero attached hydrogens (tertiary/aromatic N) is 6. The van der Waals surface area contributed by atoms with Crippen molar-refractivity contribution in [2.45, 2.75) is 6.92 Å². The predicted octanol–water partition coefficient (Wildman–Crippen LogP) is 2.01. The van der Waals surface area contributed by atoms with Crippen molar-refractivity contribution in [3.63, 3.8) is 0 Å². The van der Waals surface area contributed by atoms with E-state index in [9.17, 15) is 4.79 Å². The highest BCUT2D eigenvalue weighted by atomic mass is 16.2. The van der Waals surface area contributed by atoms with Crippen LogP contribution in [0, 0.1) is 6.92 Å². The van der Waals surface area contributed by atoms with Crippen LogP contribution in [0.1, 0.15) is 16.1 Å². The monoisotopic (exact) mass is 346 g/mol. The first-order valence-electron chi connectivity index (χ1n) is 7.83. The minimum Gasteiger partial charge on any atom is -0.288 e. The summed E-state index contributed by atoms with van der Waals surface area (Å²) in [5.74, 6) is 0.153. The second-order valence-electron chi connectivity index (χ2n) is 5.56. The summed E-state index contributed by atoms with van der Waals surface area (Å²) in [5, 5.41) is 17.2. The minimum absolute atomic E-state index is 0.140. The smallest absolute Gasteiger partial charge is 0.280 e. The number of hydrogen-bond donors (Lipinski definition) is 2. The molecular formula is C17H14N8O. The number of aryl methyl sites for hydroxylation is 1. The van der Waals surface area contributed by atoms with E-state index in [0.29, 0.717) is 11.5 Å². The van der Waals surface area contributed by atoms with E-state index in [0.717, 1.165) is 11.3 Å². The molecule has 4 aromatic rings. The highest BCUT2D eigenvalue weighted by Gasteiger charge is 2.15. The summed E-state index contributed by atoms with van der Waals surface area (Å²) in [7, 11) is 0. The number of carbonyl (C=O) groups is 1. The first kappa shape index (κ1) is 15.6. The van der Waals surface area contributed by atoms with Crippen molar-refractivity contribution in [2.24, 2.45) is 0 Å². The van der Waals surface area contributed by atoms with Gasteiger partial charge in [-0.15, -0.1) is 10.2 Å². The van der Waals surface area contributed by atoms with Crippen LogP contribution in [0.4, 0.5) is 5.95 Å². The molecule has 2 N–H and O–H groups in total. The highest BCUT2D eigenvalue weighted by molar-refractivity contribution is 6.01. The lowest BCUT2D eigenvalue weighted by Gasteiger charge is -2.00. The van der Waals surface area contributed by atoms with Crippen molar-refractivity contribution < 1.29 is 4.79 Å². The van der Waals surface area contributed by atoms with E-state index in [-0.39, 0.29) is 11.6 Å². The number of aromatic nitrogens is 7. The van der Waals surface area contributed by atoms with Crippen molar-refractivity contribution in [3.8, 4) is 17.2 Å². The Hall–Kier alpha value is -3.88. The summed E-state index contributed by atoms with van der Waals surface area (Å²) in [6.07, 6.45) is 3.20. The summed E-state index contributed by atoms with van der Waals surface area (Å²) in [4.78, 5) is 20.7. The zero-order valence-electron chi connectivity index (χ0n) is 13.8. The average molecular weight is 346 g/mol. The van der Waals surface area contributed by atoms with Gasteiger partial charge in [0.05, 0.1) is 11.9 Å². The third kappa shape index (κ3) is 3.18. The standard InChI is InChI=1S/C17H14N8O/c1-11-5-4-6-12(9-11)25-10-14(21-24-25)16(26)20-17-19-15(22-23-17)13-7-2-3-8-18-13/h2-10H,1H3,(H2,19,20,22,23,26). The van der Waals surface area contributed by atoms with Gasteiger partial charge in [0.1, 0.15) is 5.69 Å². The van der Waals surface area contributed by atoms with Crippen LogP contribution in [-0.2, 0) is 0 Å². The van der Waals surface area contributed by atoms with E-state index in [1.165, 1.54) is 0 Å². The van der Waals surface area contributed by atoms with Gasteiger partial charge in [0.25, 0.3) is 5.91 Å². The largest absolute Gasteiger partial charge is 0.288 e. The first-order valence-corrected chi connectivity index (χ1v) is 7.83. The number of benzene rings is 1. The molecule has 1 amide bonds. The van der Waals surface area contributed by atoms with E-state index < -0.39 is 5.91 Å². The average Bonchev–Trinajstić information content (AvgIpc) is 3.32. The lowest BCUT2D eigenvalue weighted by atomic mass is 10.2. The molecule has 0 saturated carbocycles. The second kappa shape index (κ2) is 6.55. The van der Waals surface area contributed by atoms with Crippen LogP contribution < -0.4 is 5.32 Å². The van der Waals surface area contributed by atoms with Gasteiger partial charge in [-0.25, -0.2) is 4.68 Å². The number of pyridine rings is 1. The fraction of sp³-hybridized carbons (Fsp3) is 0.0588. The molecule has 9 heteroatoms. The van der Waals surface area contributed by atoms with Crippen molar-refractivity contribution in [1.29, 1.82) is 0 Å². The van der Waals surface area contributed by atoms with E-state index in [2.05, 4.69) is 35.8 Å². The topological polar surface area (TPSA) is 114 Å². The summed E-state index contributed by atoms with van der Waals surface area (Å²) < 4.78 is 1.54. The molecule has 0 spiro atoms. The molecule has 0 saturated heterocycles. The molecule has 0 atom stereocenters. The Balaban J connectivity index is 1.50. The van der Waals surface area contributed by atoms with E-state index in [1.54, 1.807) is 29.2 Å². The van der Waals surface area contributed by atoms with E-state index in [4.69, 9.17) is 0 Å². The minimum atomic E-state index is -0.449. The molecule has 0 aliphatic carbocycles. The third-order valence-electron chi connectivity index (χ3n) is 3.61. The lowest BCUT2D eigenvalue weighted by Crippen LogP contribution is -2.13. The number of rotatable bonds is 4. The van der Waals surface area contributed by atoms with Crippen molar-refractivity contribution in [2.75, 3.05) is 5.32 Å². The predicted molar refractivity (Wildman–Crippen MR) is 93.7 cm³/mol. The van der Waals surface area contributed by atoms with Gasteiger partial charge in [0.15, 0.2) is 11.5 Å². The maximum Gasteiger partial charge on any atom is 0.280 e. The summed E-state index contributed by atoms with van der Waals surface area (Å²) in [6, 6.07) is 13.2. The molecule has 0 unspecified atom stereocenters. The van der Waals surface area contributed by atoms with E-state index in [1.807, 2.05) is 37.3 Å². The van der Waals surface area contributed by atoms with Gasteiger partial charge in [-0.05, 0) is 36.8 Å². The quantitative estimate of drug-likeness (QED) is 0.584. The molecule has 3 heterocycles. The normalized spacial score (nSPS) is 10.7. The maximum atomic E-state index is 12.3. The second-order valence-corrected chi connectivity index (χ2v) is 5.56. The van der Waals surface area contributed by atoms with Crippen LogP contribution >= 0.6 is 0 Å². The number of aromatic amines is 1. The van der Waals surface area contributed by atoms with Gasteiger partial charge in [-0.1, -0.05) is 23.4 Å². The Bertz CT molecular complexity index is 1050. The van der Waals surface area contributed by atoms with Gasteiger partial charge in [-0.2, -0.15) is 4.98 Å². The molecule has 4 rings (SSSR count). The van der Waals surface area contributed by atoms with Crippen LogP contribution in [0.15, 0.2) is 54.9 Å². The zero-order valence-corrected chi connectivity index (χ0v) is 13.8. The SMILES string of the molecule is Cc1cccc(-n2cc(C(=O)Nc3n[nH]c(-c4ccccn4)n3)nn2)c1. The molecule has 0 aliphatic rings. The molecule has 1 aromatic carbocycles. The van der Waals surface area contributed by atoms with Crippen molar-refractivity contribution in [1.82, 2.24) is 35.2 Å². The number of hydrogen-bond acceptors (Lipinski definition) is 6. The Morgan fingerprint density at radius 2 is 2.12 bits per heavy atom. The zero-order chi connectivity index (χ0) is 17.9. The highest BCUT2D eigenvalue weighted by Crippen LogP contribution is 2.13. The Morgan fingerprint density at radius 3 is 2.92 bits per heavy atom. The molecule has 9 nitrogen and oxygen atoms in total. The molecular weight excluding hydrogens is 332 g/mol. The fourth-order valence-corrected chi connectivity index (χ4v) is 2.37. The van der Waals surface area contributed by atoms with E-state index >= 15 is 0 Å². The van der Waals surface area contributed by atoms with Crippen LogP contribution in [0.25, 0.3) is 17.2 Å². The molecule has 26 heavy (non-hydrogen) atoms. The lowest BCUT2D eigenvalue weighted by molar-refractivity contribution is 0.102. The Kier molecular flexibility index (Phi) is 3.94. The maximum absolute atomic E-state index is 12.3. The Morgan fingerprint density at radius 1 is 1.19 bits per heavy atom. The van der Waals surface area contributed by atoms with Crippen molar-refractivity contribution in [3.05, 3.63) is 66.1 Å². The van der Waals surface area contributed by atoms with Gasteiger partial charge < -0.3 is 0 Å². The first-order chi connectivity index (χ1) is 12.7. The van der Waals surface area contributed by atoms with Crippen LogP contribution in [-0.4, -0.2) is 41.1 Å². The third-order valence-corrected chi connectivity index (χ3v) is 3.61. The number of carbonyl (C=O) groups excluding carboxylic acids is 1. The van der Waals surface area contributed by atoms with Crippen molar-refractivity contribution >= 4 is 11.9 Å². The number of H-pyrrole nitrogens is 1. The van der Waals surface area contributed by atoms with Gasteiger partial charge in [-0.3, -0.25) is 20.2 Å². The number of nitrogens with one attached hydrogen (secondary N) is 2. The number of anilines is 1. The van der Waals surface area contributed by atoms with Gasteiger partial charge in [0, 0.05) is 6.20 Å². The van der Waals surface area contributed by atoms with Crippen LogP contribution in [0.3, 0.4) is 0 Å².